The zero-order chi connectivity index (χ0) is 21.0. The third-order valence-electron chi connectivity index (χ3n) is 4.02. The van der Waals surface area contributed by atoms with E-state index in [-0.39, 0.29) is 5.91 Å². The van der Waals surface area contributed by atoms with Crippen LogP contribution in [-0.4, -0.2) is 15.9 Å². The normalized spacial score (nSPS) is 10.4. The number of hydrogen-bond donors (Lipinski definition) is 1. The molecule has 7 heteroatoms. The van der Waals surface area contributed by atoms with E-state index >= 15 is 0 Å². The second kappa shape index (κ2) is 9.07. The third kappa shape index (κ3) is 4.58. The minimum atomic E-state index is -0.321. The van der Waals surface area contributed by atoms with Gasteiger partial charge in [0.2, 0.25) is 0 Å². The van der Waals surface area contributed by atoms with Gasteiger partial charge >= 0.3 is 0 Å². The zero-order valence-electron chi connectivity index (χ0n) is 16.2. The van der Waals surface area contributed by atoms with E-state index in [4.69, 9.17) is 27.6 Å². The number of hydrogen-bond acceptors (Lipinski definition) is 4. The number of aryl methyl sites for hydroxylation is 1. The van der Waals surface area contributed by atoms with Crippen molar-refractivity contribution < 1.29 is 9.21 Å². The van der Waals surface area contributed by atoms with Crippen molar-refractivity contribution in [1.82, 2.24) is 9.97 Å². The van der Waals surface area contributed by atoms with Crippen LogP contribution in [0.25, 0.3) is 22.2 Å². The number of benzene rings is 2. The van der Waals surface area contributed by atoms with E-state index in [1.54, 1.807) is 49.5 Å². The topological polar surface area (TPSA) is 68.0 Å². The number of carbonyl (C=O) groups excluding carboxylic acids is 1. The van der Waals surface area contributed by atoms with Gasteiger partial charge in [-0.3, -0.25) is 4.79 Å². The lowest BCUT2D eigenvalue weighted by Gasteiger charge is -2.08. The highest BCUT2D eigenvalue weighted by molar-refractivity contribution is 6.34. The molecule has 2 heterocycles. The summed E-state index contributed by atoms with van der Waals surface area (Å²) < 4.78 is 5.48. The summed E-state index contributed by atoms with van der Waals surface area (Å²) in [6, 6.07) is 14.0. The van der Waals surface area contributed by atoms with Crippen LogP contribution in [0.5, 0.6) is 0 Å². The summed E-state index contributed by atoms with van der Waals surface area (Å²) >= 11 is 12.4. The van der Waals surface area contributed by atoms with E-state index in [0.717, 1.165) is 16.6 Å². The Morgan fingerprint density at radius 1 is 1.03 bits per heavy atom. The first kappa shape index (κ1) is 20.8. The van der Waals surface area contributed by atoms with Crippen LogP contribution < -0.4 is 5.32 Å². The molecule has 0 aliphatic heterocycles. The van der Waals surface area contributed by atoms with Crippen molar-refractivity contribution in [3.05, 3.63) is 76.2 Å². The Labute approximate surface area is 178 Å². The lowest BCUT2D eigenvalue weighted by Crippen LogP contribution is -2.13. The Balaban J connectivity index is 0.00000117. The Morgan fingerprint density at radius 2 is 1.79 bits per heavy atom. The Bertz CT molecular complexity index is 1150. The Kier molecular flexibility index (Phi) is 6.52. The van der Waals surface area contributed by atoms with Gasteiger partial charge in [-0.15, -0.1) is 0 Å². The predicted octanol–water partition coefficient (Wildman–Crippen LogP) is 6.78. The minimum Gasteiger partial charge on any atom is -0.441 e. The van der Waals surface area contributed by atoms with E-state index in [1.165, 1.54) is 0 Å². The number of pyridine rings is 1. The number of nitrogens with zero attached hydrogens (tertiary/aromatic N) is 2. The molecule has 0 radical (unpaired) electrons. The first-order valence-corrected chi connectivity index (χ1v) is 9.86. The summed E-state index contributed by atoms with van der Waals surface area (Å²) in [5, 5.41) is 3.65. The standard InChI is InChI=1S/C20H13Cl2N3O2.C2H6/c1-11-24-17-8-14(16(22)9-18(17)27-11)12-6-7-19(23-10-12)25-20(26)13-4-2-3-5-15(13)21;1-2/h2-10H,1H3,(H,23,25,26);1-2H3. The molecule has 0 saturated carbocycles. The van der Waals surface area contributed by atoms with Gasteiger partial charge in [-0.1, -0.05) is 49.2 Å². The molecule has 0 aliphatic rings. The minimum absolute atomic E-state index is 0.321. The summed E-state index contributed by atoms with van der Waals surface area (Å²) in [5.41, 5.74) is 3.34. The van der Waals surface area contributed by atoms with Crippen LogP contribution in [0.1, 0.15) is 30.1 Å². The Morgan fingerprint density at radius 3 is 2.48 bits per heavy atom. The second-order valence-corrected chi connectivity index (χ2v) is 6.71. The monoisotopic (exact) mass is 427 g/mol. The van der Waals surface area contributed by atoms with Crippen LogP contribution in [0.2, 0.25) is 10.0 Å². The number of nitrogens with one attached hydrogen (secondary N) is 1. The molecular weight excluding hydrogens is 409 g/mol. The number of amides is 1. The summed E-state index contributed by atoms with van der Waals surface area (Å²) in [6.45, 7) is 5.78. The van der Waals surface area contributed by atoms with Gasteiger partial charge in [0.15, 0.2) is 11.5 Å². The molecule has 2 aromatic carbocycles. The molecule has 0 fully saturated rings. The van der Waals surface area contributed by atoms with E-state index < -0.39 is 0 Å². The molecule has 1 N–H and O–H groups in total. The molecule has 0 bridgehead atoms. The number of carbonyl (C=O) groups is 1. The molecule has 0 spiro atoms. The summed E-state index contributed by atoms with van der Waals surface area (Å²) in [7, 11) is 0. The van der Waals surface area contributed by atoms with Gasteiger partial charge in [0, 0.05) is 30.3 Å². The number of fused-ring (bicyclic) bond motifs is 1. The van der Waals surface area contributed by atoms with Crippen LogP contribution in [0.4, 0.5) is 5.82 Å². The average molecular weight is 428 g/mol. The van der Waals surface area contributed by atoms with Crippen LogP contribution in [0, 0.1) is 6.92 Å². The van der Waals surface area contributed by atoms with E-state index in [9.17, 15) is 4.79 Å². The number of rotatable bonds is 3. The summed E-state index contributed by atoms with van der Waals surface area (Å²) in [4.78, 5) is 20.9. The van der Waals surface area contributed by atoms with Crippen molar-refractivity contribution in [2.75, 3.05) is 5.32 Å². The molecule has 0 saturated heterocycles. The predicted molar refractivity (Wildman–Crippen MR) is 118 cm³/mol. The molecule has 4 aromatic rings. The molecule has 0 atom stereocenters. The van der Waals surface area contributed by atoms with Crippen molar-refractivity contribution in [1.29, 1.82) is 0 Å². The highest BCUT2D eigenvalue weighted by Gasteiger charge is 2.12. The van der Waals surface area contributed by atoms with Crippen LogP contribution >= 0.6 is 23.2 Å². The fraction of sp³-hybridized carbons (Fsp3) is 0.136. The van der Waals surface area contributed by atoms with Crippen LogP contribution in [0.15, 0.2) is 59.1 Å². The molecule has 29 heavy (non-hydrogen) atoms. The number of anilines is 1. The molecular formula is C22H19Cl2N3O2. The van der Waals surface area contributed by atoms with Crippen LogP contribution in [-0.2, 0) is 0 Å². The van der Waals surface area contributed by atoms with Gasteiger partial charge < -0.3 is 9.73 Å². The second-order valence-electron chi connectivity index (χ2n) is 5.90. The third-order valence-corrected chi connectivity index (χ3v) is 4.66. The van der Waals surface area contributed by atoms with Crippen molar-refractivity contribution in [3.8, 4) is 11.1 Å². The van der Waals surface area contributed by atoms with E-state index in [1.807, 2.05) is 26.0 Å². The SMILES string of the molecule is CC.Cc1nc2cc(-c3ccc(NC(=O)c4ccccc4Cl)nc3)c(Cl)cc2o1. The zero-order valence-corrected chi connectivity index (χ0v) is 17.7. The average Bonchev–Trinajstić information content (AvgIpc) is 3.08. The van der Waals surface area contributed by atoms with Crippen molar-refractivity contribution in [2.24, 2.45) is 0 Å². The van der Waals surface area contributed by atoms with Gasteiger partial charge in [-0.25, -0.2) is 9.97 Å². The maximum absolute atomic E-state index is 12.3. The smallest absolute Gasteiger partial charge is 0.258 e. The molecule has 2 aromatic heterocycles. The van der Waals surface area contributed by atoms with Gasteiger partial charge in [-0.2, -0.15) is 0 Å². The fourth-order valence-corrected chi connectivity index (χ4v) is 3.23. The largest absolute Gasteiger partial charge is 0.441 e. The highest BCUT2D eigenvalue weighted by Crippen LogP contribution is 2.32. The van der Waals surface area contributed by atoms with Crippen LogP contribution in [0.3, 0.4) is 0 Å². The molecule has 0 aliphatic carbocycles. The maximum Gasteiger partial charge on any atom is 0.258 e. The molecule has 4 rings (SSSR count). The van der Waals surface area contributed by atoms with Crippen molar-refractivity contribution in [2.45, 2.75) is 20.8 Å². The summed E-state index contributed by atoms with van der Waals surface area (Å²) in [6.07, 6.45) is 1.64. The van der Waals surface area contributed by atoms with Crippen molar-refractivity contribution >= 4 is 46.0 Å². The lowest BCUT2D eigenvalue weighted by molar-refractivity contribution is 0.102. The molecule has 148 valence electrons. The van der Waals surface area contributed by atoms with E-state index in [0.29, 0.717) is 32.9 Å². The lowest BCUT2D eigenvalue weighted by atomic mass is 10.1. The number of oxazole rings is 1. The van der Waals surface area contributed by atoms with Gasteiger partial charge in [0.25, 0.3) is 5.91 Å². The van der Waals surface area contributed by atoms with Gasteiger partial charge in [0.05, 0.1) is 15.6 Å². The van der Waals surface area contributed by atoms with Gasteiger partial charge in [-0.05, 0) is 30.3 Å². The number of halogens is 2. The molecule has 1 amide bonds. The van der Waals surface area contributed by atoms with Crippen molar-refractivity contribution in [3.63, 3.8) is 0 Å². The summed E-state index contributed by atoms with van der Waals surface area (Å²) in [5.74, 6) is 0.672. The quantitative estimate of drug-likeness (QED) is 0.390. The van der Waals surface area contributed by atoms with E-state index in [2.05, 4.69) is 15.3 Å². The molecule has 0 unspecified atom stereocenters. The first-order valence-electron chi connectivity index (χ1n) is 9.10. The highest BCUT2D eigenvalue weighted by atomic mass is 35.5. The molecule has 5 nitrogen and oxygen atoms in total. The Hall–Kier alpha value is -2.89. The first-order chi connectivity index (χ1) is 14.0. The fourth-order valence-electron chi connectivity index (χ4n) is 2.74. The number of aromatic nitrogens is 2. The maximum atomic E-state index is 12.3. The van der Waals surface area contributed by atoms with Gasteiger partial charge in [0.1, 0.15) is 11.3 Å².